The van der Waals surface area contributed by atoms with Gasteiger partial charge in [0.05, 0.1) is 16.8 Å². The van der Waals surface area contributed by atoms with Gasteiger partial charge >= 0.3 is 12.2 Å². The number of halogens is 4. The molecule has 0 unspecified atom stereocenters. The molecule has 0 saturated heterocycles. The Morgan fingerprint density at radius 1 is 1.03 bits per heavy atom. The lowest BCUT2D eigenvalue weighted by Crippen LogP contribution is -2.20. The molecule has 2 aromatic carbocycles. The number of fused-ring (bicyclic) bond motifs is 3. The second-order valence-electron chi connectivity index (χ2n) is 7.89. The number of aryl methyl sites for hydroxylation is 1. The van der Waals surface area contributed by atoms with Crippen LogP contribution in [-0.4, -0.2) is 20.6 Å². The van der Waals surface area contributed by atoms with Gasteiger partial charge in [-0.25, -0.2) is 19.2 Å². The number of carbonyl (C=O) groups excluding carboxylic acids is 1. The maximum Gasteiger partial charge on any atom is 0.416 e. The normalized spacial score (nSPS) is 13.2. The number of urea groups is 1. The highest BCUT2D eigenvalue weighted by Gasteiger charge is 2.31. The second-order valence-corrected chi connectivity index (χ2v) is 7.89. The molecule has 0 bridgehead atoms. The van der Waals surface area contributed by atoms with Gasteiger partial charge in [-0.1, -0.05) is 0 Å². The molecule has 4 N–H and O–H groups in total. The zero-order valence-corrected chi connectivity index (χ0v) is 17.6. The number of aromatic nitrogens is 3. The van der Waals surface area contributed by atoms with Gasteiger partial charge in [0, 0.05) is 17.1 Å². The number of nitrogens with zero attached hydrogens (tertiary/aromatic N) is 3. The first-order valence-corrected chi connectivity index (χ1v) is 10.4. The fourth-order valence-corrected chi connectivity index (χ4v) is 4.26. The molecule has 0 saturated carbocycles. The molecule has 2 heterocycles. The third kappa shape index (κ3) is 3.78. The van der Waals surface area contributed by atoms with Gasteiger partial charge in [0.15, 0.2) is 5.82 Å². The Bertz CT molecular complexity index is 1410. The summed E-state index contributed by atoms with van der Waals surface area (Å²) in [5, 5.41) is 4.61. The third-order valence-electron chi connectivity index (χ3n) is 5.74. The van der Waals surface area contributed by atoms with Gasteiger partial charge in [0.2, 0.25) is 0 Å². The quantitative estimate of drug-likeness (QED) is 0.354. The number of nitrogen functional groups attached to an aromatic ring is 1. The van der Waals surface area contributed by atoms with Gasteiger partial charge in [-0.05, 0) is 67.3 Å². The Balaban J connectivity index is 1.38. The number of anilines is 3. The molecular formula is C23H18F4N6O. The average Bonchev–Trinajstić information content (AvgIpc) is 3.37. The Hall–Kier alpha value is -4.15. The summed E-state index contributed by atoms with van der Waals surface area (Å²) >= 11 is 0. The van der Waals surface area contributed by atoms with Gasteiger partial charge in [-0.3, -0.25) is 0 Å². The van der Waals surface area contributed by atoms with Crippen molar-refractivity contribution in [1.29, 1.82) is 0 Å². The van der Waals surface area contributed by atoms with Crippen molar-refractivity contribution in [2.45, 2.75) is 25.4 Å². The molecule has 2 aromatic heterocycles. The van der Waals surface area contributed by atoms with Crippen LogP contribution in [0, 0.1) is 5.82 Å². The summed E-state index contributed by atoms with van der Waals surface area (Å²) in [7, 11) is 0. The topological polar surface area (TPSA) is 97.9 Å². The van der Waals surface area contributed by atoms with Gasteiger partial charge in [0.1, 0.15) is 17.7 Å². The van der Waals surface area contributed by atoms with Crippen LogP contribution in [0.15, 0.2) is 48.8 Å². The van der Waals surface area contributed by atoms with E-state index in [9.17, 15) is 22.4 Å². The first-order valence-electron chi connectivity index (χ1n) is 10.4. The van der Waals surface area contributed by atoms with Crippen LogP contribution >= 0.6 is 0 Å². The van der Waals surface area contributed by atoms with Crippen molar-refractivity contribution in [3.63, 3.8) is 0 Å². The molecule has 2 amide bonds. The Morgan fingerprint density at radius 2 is 1.79 bits per heavy atom. The first kappa shape index (κ1) is 21.7. The van der Waals surface area contributed by atoms with E-state index in [1.807, 2.05) is 4.57 Å². The van der Waals surface area contributed by atoms with Crippen molar-refractivity contribution >= 4 is 34.3 Å². The molecule has 4 aromatic rings. The molecule has 0 fully saturated rings. The Labute approximate surface area is 190 Å². The van der Waals surface area contributed by atoms with E-state index in [1.54, 1.807) is 24.3 Å². The van der Waals surface area contributed by atoms with Crippen LogP contribution in [0.4, 0.5) is 39.5 Å². The lowest BCUT2D eigenvalue weighted by Gasteiger charge is -2.13. The highest BCUT2D eigenvalue weighted by atomic mass is 19.4. The number of hydrogen-bond donors (Lipinski definition) is 3. The summed E-state index contributed by atoms with van der Waals surface area (Å²) in [4.78, 5) is 20.8. The van der Waals surface area contributed by atoms with Crippen molar-refractivity contribution in [2.75, 3.05) is 16.4 Å². The molecule has 0 spiro atoms. The number of hydrogen-bond acceptors (Lipinski definition) is 4. The highest BCUT2D eigenvalue weighted by Crippen LogP contribution is 2.36. The minimum absolute atomic E-state index is 0.365. The fourth-order valence-electron chi connectivity index (χ4n) is 4.26. The summed E-state index contributed by atoms with van der Waals surface area (Å²) in [5.74, 6) is -0.615. The maximum absolute atomic E-state index is 13.9. The van der Waals surface area contributed by atoms with Crippen molar-refractivity contribution < 1.29 is 22.4 Å². The summed E-state index contributed by atoms with van der Waals surface area (Å²) in [6.07, 6.45) is -0.430. The van der Waals surface area contributed by atoms with Crippen molar-refractivity contribution in [3.05, 3.63) is 71.4 Å². The van der Waals surface area contributed by atoms with Crippen LogP contribution in [0.1, 0.15) is 23.2 Å². The number of rotatable bonds is 3. The number of nitrogens with one attached hydrogen (secondary N) is 2. The molecule has 0 atom stereocenters. The van der Waals surface area contributed by atoms with Crippen LogP contribution in [0.2, 0.25) is 0 Å². The van der Waals surface area contributed by atoms with Gasteiger partial charge < -0.3 is 20.9 Å². The summed E-state index contributed by atoms with van der Waals surface area (Å²) in [6.45, 7) is 0. The molecule has 34 heavy (non-hydrogen) atoms. The number of amides is 2. The largest absolute Gasteiger partial charge is 0.416 e. The Morgan fingerprint density at radius 3 is 2.53 bits per heavy atom. The first-order chi connectivity index (χ1) is 16.2. The van der Waals surface area contributed by atoms with Crippen molar-refractivity contribution in [2.24, 2.45) is 0 Å². The molecule has 1 aliphatic carbocycles. The smallest absolute Gasteiger partial charge is 0.382 e. The fraction of sp³-hybridized carbons (Fsp3) is 0.174. The average molecular weight is 470 g/mol. The van der Waals surface area contributed by atoms with Crippen LogP contribution in [-0.2, 0) is 19.0 Å². The number of alkyl halides is 3. The number of carbonyl (C=O) groups is 1. The Kier molecular flexibility index (Phi) is 5.11. The molecular weight excluding hydrogens is 452 g/mol. The standard InChI is InChI=1S/C23H18F4N6O/c24-16-9-4-12(23(25,26)27)10-17(16)32-22(34)31-13-5-7-14(8-6-13)33-18-3-1-2-15(18)19-20(33)21(28)30-11-29-19/h4-11H,1-3H2,(H2,28,29,30)(H2,31,32,34). The summed E-state index contributed by atoms with van der Waals surface area (Å²) < 4.78 is 54.5. The van der Waals surface area contributed by atoms with Gasteiger partial charge in [0.25, 0.3) is 0 Å². The van der Waals surface area contributed by atoms with Crippen LogP contribution in [0.3, 0.4) is 0 Å². The lowest BCUT2D eigenvalue weighted by molar-refractivity contribution is -0.137. The van der Waals surface area contributed by atoms with E-state index in [4.69, 9.17) is 5.73 Å². The monoisotopic (exact) mass is 470 g/mol. The number of benzene rings is 2. The molecule has 174 valence electrons. The zero-order chi connectivity index (χ0) is 24.0. The van der Waals surface area contributed by atoms with Crippen LogP contribution in [0.5, 0.6) is 0 Å². The third-order valence-corrected chi connectivity index (χ3v) is 5.74. The van der Waals surface area contributed by atoms with E-state index in [0.29, 0.717) is 29.7 Å². The molecule has 5 rings (SSSR count). The van der Waals surface area contributed by atoms with Gasteiger partial charge in [-0.15, -0.1) is 0 Å². The van der Waals surface area contributed by atoms with Crippen LogP contribution < -0.4 is 16.4 Å². The molecule has 11 heteroatoms. The molecule has 1 aliphatic rings. The van der Waals surface area contributed by atoms with Crippen molar-refractivity contribution in [1.82, 2.24) is 14.5 Å². The van der Waals surface area contributed by atoms with E-state index in [0.717, 1.165) is 47.2 Å². The number of nitrogens with two attached hydrogens (primary N) is 1. The summed E-state index contributed by atoms with van der Waals surface area (Å²) in [6, 6.07) is 7.72. The van der Waals surface area contributed by atoms with E-state index in [-0.39, 0.29) is 0 Å². The molecule has 0 radical (unpaired) electrons. The van der Waals surface area contributed by atoms with E-state index >= 15 is 0 Å². The van der Waals surface area contributed by atoms with Gasteiger partial charge in [-0.2, -0.15) is 13.2 Å². The maximum atomic E-state index is 13.9. The molecule has 0 aliphatic heterocycles. The van der Waals surface area contributed by atoms with E-state index in [1.165, 1.54) is 6.33 Å². The van der Waals surface area contributed by atoms with Crippen molar-refractivity contribution in [3.8, 4) is 5.69 Å². The highest BCUT2D eigenvalue weighted by molar-refractivity contribution is 6.00. The lowest BCUT2D eigenvalue weighted by atomic mass is 10.2. The second kappa shape index (κ2) is 8.01. The predicted molar refractivity (Wildman–Crippen MR) is 119 cm³/mol. The predicted octanol–water partition coefficient (Wildman–Crippen LogP) is 5.29. The van der Waals surface area contributed by atoms with E-state index in [2.05, 4.69) is 20.6 Å². The minimum atomic E-state index is -4.66. The molecule has 7 nitrogen and oxygen atoms in total. The summed E-state index contributed by atoms with van der Waals surface area (Å²) in [5.41, 5.74) is 9.47. The zero-order valence-electron chi connectivity index (χ0n) is 17.6. The van der Waals surface area contributed by atoms with Crippen LogP contribution in [0.25, 0.3) is 16.7 Å². The minimum Gasteiger partial charge on any atom is -0.382 e. The van der Waals surface area contributed by atoms with E-state index < -0.39 is 29.3 Å². The SMILES string of the molecule is Nc1ncnc2c3c(n(-c4ccc(NC(=O)Nc5cc(C(F)(F)F)ccc5F)cc4)c12)CCC3.